The Bertz CT molecular complexity index is 1200. The molecular weight excluding hydrogens is 440 g/mol. The van der Waals surface area contributed by atoms with Crippen LogP contribution in [0.25, 0.3) is 21.3 Å². The van der Waals surface area contributed by atoms with Crippen molar-refractivity contribution in [3.63, 3.8) is 0 Å². The van der Waals surface area contributed by atoms with Gasteiger partial charge in [0.25, 0.3) is 5.56 Å². The summed E-state index contributed by atoms with van der Waals surface area (Å²) in [6.45, 7) is 6.26. The van der Waals surface area contributed by atoms with Gasteiger partial charge < -0.3 is 19.2 Å². The van der Waals surface area contributed by atoms with Crippen LogP contribution in [-0.4, -0.2) is 36.3 Å². The van der Waals surface area contributed by atoms with E-state index in [1.807, 2.05) is 19.1 Å². The van der Waals surface area contributed by atoms with E-state index in [4.69, 9.17) is 25.8 Å². The van der Waals surface area contributed by atoms with Gasteiger partial charge in [0.15, 0.2) is 17.3 Å². The number of aromatic nitrogens is 2. The maximum atomic E-state index is 12.7. The van der Waals surface area contributed by atoms with E-state index in [0.29, 0.717) is 38.8 Å². The first-order chi connectivity index (χ1) is 14.9. The molecule has 0 fully saturated rings. The minimum absolute atomic E-state index is 0.211. The normalized spacial score (nSPS) is 11.6. The van der Waals surface area contributed by atoms with Crippen LogP contribution in [0.15, 0.2) is 23.0 Å². The van der Waals surface area contributed by atoms with E-state index >= 15 is 0 Å². The van der Waals surface area contributed by atoms with Gasteiger partial charge in [-0.05, 0) is 49.6 Å². The lowest BCUT2D eigenvalue weighted by Crippen LogP contribution is -2.11. The molecule has 164 valence electrons. The third-order valence-electron chi connectivity index (χ3n) is 4.43. The number of esters is 1. The molecule has 9 heteroatoms. The molecule has 0 aliphatic rings. The summed E-state index contributed by atoms with van der Waals surface area (Å²) in [5.74, 6) is 0.966. The fourth-order valence-corrected chi connectivity index (χ4v) is 4.26. The number of halogens is 1. The lowest BCUT2D eigenvalue weighted by atomic mass is 10.2. The van der Waals surface area contributed by atoms with Gasteiger partial charge in [0, 0.05) is 0 Å². The number of hydrogen-bond donors (Lipinski definition) is 1. The SMILES string of the molecule is CCCOc1cc(/C=C(\Cl)c2nc3sc(C(=O)OCC)c(C)c3c(=O)[nH]2)ccc1OC. The number of thiophene rings is 1. The first-order valence-corrected chi connectivity index (χ1v) is 11.0. The summed E-state index contributed by atoms with van der Waals surface area (Å²) in [6, 6.07) is 5.42. The van der Waals surface area contributed by atoms with Crippen LogP contribution in [0.1, 0.15) is 46.9 Å². The summed E-state index contributed by atoms with van der Waals surface area (Å²) < 4.78 is 16.1. The fraction of sp³-hybridized carbons (Fsp3) is 0.318. The van der Waals surface area contributed by atoms with Crippen LogP contribution in [0.2, 0.25) is 0 Å². The Kier molecular flexibility index (Phi) is 7.35. The average molecular weight is 463 g/mol. The number of methoxy groups -OCH3 is 1. The highest BCUT2D eigenvalue weighted by Crippen LogP contribution is 2.32. The topological polar surface area (TPSA) is 90.5 Å². The minimum atomic E-state index is -0.469. The maximum absolute atomic E-state index is 12.7. The Hall–Kier alpha value is -2.84. The van der Waals surface area contributed by atoms with Crippen molar-refractivity contribution in [2.45, 2.75) is 27.2 Å². The molecule has 0 aliphatic carbocycles. The van der Waals surface area contributed by atoms with Crippen molar-refractivity contribution >= 4 is 50.2 Å². The molecule has 0 bridgehead atoms. The molecule has 0 saturated heterocycles. The lowest BCUT2D eigenvalue weighted by Gasteiger charge is -2.10. The monoisotopic (exact) mass is 462 g/mol. The highest BCUT2D eigenvalue weighted by Gasteiger charge is 2.20. The second-order valence-electron chi connectivity index (χ2n) is 6.62. The predicted octanol–water partition coefficient (Wildman–Crippen LogP) is 5.00. The molecule has 2 heterocycles. The van der Waals surface area contributed by atoms with Crippen molar-refractivity contribution in [1.82, 2.24) is 9.97 Å². The molecule has 0 atom stereocenters. The molecule has 0 aliphatic heterocycles. The molecule has 0 radical (unpaired) electrons. The number of carbonyl (C=O) groups is 1. The molecule has 1 N–H and O–H groups in total. The predicted molar refractivity (Wildman–Crippen MR) is 123 cm³/mol. The summed E-state index contributed by atoms with van der Waals surface area (Å²) in [5, 5.41) is 0.607. The third-order valence-corrected chi connectivity index (χ3v) is 5.88. The Morgan fingerprint density at radius 2 is 2.06 bits per heavy atom. The van der Waals surface area contributed by atoms with Crippen molar-refractivity contribution in [3.8, 4) is 11.5 Å². The Balaban J connectivity index is 2.00. The molecule has 31 heavy (non-hydrogen) atoms. The highest BCUT2D eigenvalue weighted by molar-refractivity contribution is 7.20. The van der Waals surface area contributed by atoms with Crippen molar-refractivity contribution in [2.24, 2.45) is 0 Å². The average Bonchev–Trinajstić information content (AvgIpc) is 3.09. The molecular formula is C22H23ClN2O5S. The maximum Gasteiger partial charge on any atom is 0.348 e. The van der Waals surface area contributed by atoms with Gasteiger partial charge >= 0.3 is 5.97 Å². The number of nitrogens with one attached hydrogen (secondary N) is 1. The van der Waals surface area contributed by atoms with Gasteiger partial charge in [-0.25, -0.2) is 9.78 Å². The van der Waals surface area contributed by atoms with Gasteiger partial charge in [0.05, 0.1) is 30.7 Å². The zero-order valence-corrected chi connectivity index (χ0v) is 19.3. The largest absolute Gasteiger partial charge is 0.493 e. The molecule has 3 rings (SSSR count). The molecule has 7 nitrogen and oxygen atoms in total. The van der Waals surface area contributed by atoms with Crippen LogP contribution >= 0.6 is 22.9 Å². The van der Waals surface area contributed by atoms with Crippen LogP contribution in [0, 0.1) is 6.92 Å². The van der Waals surface area contributed by atoms with E-state index in [1.54, 1.807) is 33.1 Å². The first kappa shape index (κ1) is 22.8. The molecule has 2 aromatic heterocycles. The number of hydrogen-bond acceptors (Lipinski definition) is 7. The van der Waals surface area contributed by atoms with Crippen molar-refractivity contribution in [3.05, 3.63) is 50.4 Å². The van der Waals surface area contributed by atoms with Crippen LogP contribution in [0.3, 0.4) is 0 Å². The van der Waals surface area contributed by atoms with E-state index < -0.39 is 5.97 Å². The lowest BCUT2D eigenvalue weighted by molar-refractivity contribution is 0.0531. The van der Waals surface area contributed by atoms with E-state index in [0.717, 1.165) is 23.3 Å². The zero-order valence-electron chi connectivity index (χ0n) is 17.7. The summed E-state index contributed by atoms with van der Waals surface area (Å²) in [7, 11) is 1.58. The quantitative estimate of drug-likeness (QED) is 0.473. The third kappa shape index (κ3) is 4.91. The van der Waals surface area contributed by atoms with Gasteiger partial charge in [0.2, 0.25) is 0 Å². The number of rotatable bonds is 8. The summed E-state index contributed by atoms with van der Waals surface area (Å²) in [4.78, 5) is 32.8. The second-order valence-corrected chi connectivity index (χ2v) is 8.03. The van der Waals surface area contributed by atoms with Gasteiger partial charge in [-0.3, -0.25) is 4.79 Å². The smallest absolute Gasteiger partial charge is 0.348 e. The zero-order chi connectivity index (χ0) is 22.5. The van der Waals surface area contributed by atoms with Gasteiger partial charge in [-0.1, -0.05) is 24.6 Å². The van der Waals surface area contributed by atoms with Crippen LogP contribution in [-0.2, 0) is 4.74 Å². The van der Waals surface area contributed by atoms with E-state index in [-0.39, 0.29) is 23.0 Å². The number of carbonyl (C=O) groups excluding carboxylic acids is 1. The van der Waals surface area contributed by atoms with Crippen molar-refractivity contribution in [2.75, 3.05) is 20.3 Å². The fourth-order valence-electron chi connectivity index (χ4n) is 2.97. The molecule has 3 aromatic rings. The number of aryl methyl sites for hydroxylation is 1. The Labute approximate surface area is 188 Å². The second kappa shape index (κ2) is 9.98. The van der Waals surface area contributed by atoms with E-state index in [9.17, 15) is 9.59 Å². The first-order valence-electron chi connectivity index (χ1n) is 9.78. The molecule has 0 unspecified atom stereocenters. The summed E-state index contributed by atoms with van der Waals surface area (Å²) >= 11 is 7.58. The number of aromatic amines is 1. The Morgan fingerprint density at radius 3 is 2.74 bits per heavy atom. The van der Waals surface area contributed by atoms with Gasteiger partial charge in [-0.2, -0.15) is 0 Å². The van der Waals surface area contributed by atoms with E-state index in [2.05, 4.69) is 9.97 Å². The van der Waals surface area contributed by atoms with E-state index in [1.165, 1.54) is 0 Å². The van der Waals surface area contributed by atoms with Gasteiger partial charge in [0.1, 0.15) is 9.71 Å². The van der Waals surface area contributed by atoms with Crippen molar-refractivity contribution < 1.29 is 19.0 Å². The number of benzene rings is 1. The molecule has 0 saturated carbocycles. The van der Waals surface area contributed by atoms with Crippen LogP contribution in [0.4, 0.5) is 0 Å². The number of H-pyrrole nitrogens is 1. The molecule has 0 spiro atoms. The number of fused-ring (bicyclic) bond motifs is 1. The van der Waals surface area contributed by atoms with Crippen molar-refractivity contribution in [1.29, 1.82) is 0 Å². The highest BCUT2D eigenvalue weighted by atomic mass is 35.5. The van der Waals surface area contributed by atoms with Gasteiger partial charge in [-0.15, -0.1) is 11.3 Å². The van der Waals surface area contributed by atoms with Crippen LogP contribution in [0.5, 0.6) is 11.5 Å². The van der Waals surface area contributed by atoms with Crippen LogP contribution < -0.4 is 15.0 Å². The molecule has 1 aromatic carbocycles. The molecule has 0 amide bonds. The standard InChI is InChI=1S/C22H23ClN2O5S/c1-5-9-30-16-11-13(7-8-15(16)28-4)10-14(23)19-24-20(26)17-12(3)18(22(27)29-6-2)31-21(17)25-19/h7-8,10-11H,5-6,9H2,1-4H3,(H,24,25,26)/b14-10-. The minimum Gasteiger partial charge on any atom is -0.493 e. The summed E-state index contributed by atoms with van der Waals surface area (Å²) in [6.07, 6.45) is 2.54. The number of nitrogens with zero attached hydrogens (tertiary/aromatic N) is 1. The Morgan fingerprint density at radius 1 is 1.29 bits per heavy atom. The summed E-state index contributed by atoms with van der Waals surface area (Å²) in [5.41, 5.74) is 0.943. The number of ether oxygens (including phenoxy) is 3.